The van der Waals surface area contributed by atoms with Gasteiger partial charge in [0.2, 0.25) is 5.90 Å². The largest absolute Gasteiger partial charge is 0.490 e. The molecule has 1 aliphatic rings. The Morgan fingerprint density at radius 2 is 1.78 bits per heavy atom. The molecule has 0 amide bonds. The predicted molar refractivity (Wildman–Crippen MR) is 146 cm³/mol. The second-order valence-electron chi connectivity index (χ2n) is 7.88. The molecular formula is C29H20ClNO5S. The minimum absolute atomic E-state index is 0.150. The van der Waals surface area contributed by atoms with Gasteiger partial charge in [0.25, 0.3) is 0 Å². The molecule has 8 heteroatoms. The Hall–Kier alpha value is -4.20. The third-order valence-corrected chi connectivity index (χ3v) is 7.00. The van der Waals surface area contributed by atoms with E-state index in [1.54, 1.807) is 30.4 Å². The molecule has 5 rings (SSSR count). The van der Waals surface area contributed by atoms with Gasteiger partial charge in [-0.15, -0.1) is 11.3 Å². The number of cyclic esters (lactones) is 1. The fourth-order valence-corrected chi connectivity index (χ4v) is 5.03. The van der Waals surface area contributed by atoms with Crippen LogP contribution in [0.2, 0.25) is 5.02 Å². The first-order valence-corrected chi connectivity index (χ1v) is 12.6. The van der Waals surface area contributed by atoms with Crippen LogP contribution >= 0.6 is 22.9 Å². The molecular weight excluding hydrogens is 510 g/mol. The quantitative estimate of drug-likeness (QED) is 0.144. The van der Waals surface area contributed by atoms with Gasteiger partial charge in [0.05, 0.1) is 11.6 Å². The van der Waals surface area contributed by atoms with Crippen molar-refractivity contribution in [1.29, 1.82) is 0 Å². The molecule has 37 heavy (non-hydrogen) atoms. The summed E-state index contributed by atoms with van der Waals surface area (Å²) in [6.07, 6.45) is 5.04. The SMILES string of the molecule is CCOc1cc(/C=C2N=C(/C=C/c3ccccc3)OC/2=O)ccc1OC(=O)c1sc2ccccc2c1Cl. The van der Waals surface area contributed by atoms with Crippen LogP contribution in [0.25, 0.3) is 22.2 Å². The number of halogens is 1. The second-order valence-corrected chi connectivity index (χ2v) is 9.31. The summed E-state index contributed by atoms with van der Waals surface area (Å²) in [4.78, 5) is 29.8. The lowest BCUT2D eigenvalue weighted by atomic mass is 10.1. The summed E-state index contributed by atoms with van der Waals surface area (Å²) >= 11 is 7.70. The number of thiophene rings is 1. The Labute approximate surface area is 222 Å². The van der Waals surface area contributed by atoms with E-state index in [1.807, 2.05) is 67.6 Å². The van der Waals surface area contributed by atoms with E-state index in [2.05, 4.69) is 4.99 Å². The average molecular weight is 530 g/mol. The molecule has 4 aromatic rings. The Morgan fingerprint density at radius 1 is 1.00 bits per heavy atom. The van der Waals surface area contributed by atoms with Crippen molar-refractivity contribution in [3.63, 3.8) is 0 Å². The Morgan fingerprint density at radius 3 is 2.57 bits per heavy atom. The van der Waals surface area contributed by atoms with E-state index >= 15 is 0 Å². The van der Waals surface area contributed by atoms with E-state index in [0.717, 1.165) is 15.6 Å². The van der Waals surface area contributed by atoms with E-state index in [1.165, 1.54) is 11.3 Å². The summed E-state index contributed by atoms with van der Waals surface area (Å²) in [6, 6.07) is 22.1. The van der Waals surface area contributed by atoms with E-state index in [9.17, 15) is 9.59 Å². The number of nitrogens with zero attached hydrogens (tertiary/aromatic N) is 1. The Bertz CT molecular complexity index is 1590. The minimum atomic E-state index is -0.572. The van der Waals surface area contributed by atoms with Crippen LogP contribution in [0.1, 0.15) is 27.7 Å². The molecule has 0 saturated carbocycles. The molecule has 0 aliphatic carbocycles. The van der Waals surface area contributed by atoms with Crippen molar-refractivity contribution in [1.82, 2.24) is 0 Å². The molecule has 1 aliphatic heterocycles. The highest BCUT2D eigenvalue weighted by atomic mass is 35.5. The summed E-state index contributed by atoms with van der Waals surface area (Å²) in [5, 5.41) is 1.16. The van der Waals surface area contributed by atoms with Crippen LogP contribution in [0.3, 0.4) is 0 Å². The summed E-state index contributed by atoms with van der Waals surface area (Å²) in [5.74, 6) is -0.331. The summed E-state index contributed by atoms with van der Waals surface area (Å²) < 4.78 is 17.5. The van der Waals surface area contributed by atoms with Gasteiger partial charge in [0.1, 0.15) is 4.88 Å². The smallest absolute Gasteiger partial charge is 0.363 e. The van der Waals surface area contributed by atoms with Crippen LogP contribution < -0.4 is 9.47 Å². The molecule has 184 valence electrons. The third-order valence-electron chi connectivity index (χ3n) is 5.35. The monoisotopic (exact) mass is 529 g/mol. The highest BCUT2D eigenvalue weighted by molar-refractivity contribution is 7.21. The lowest BCUT2D eigenvalue weighted by Crippen LogP contribution is -2.08. The lowest BCUT2D eigenvalue weighted by molar-refractivity contribution is -0.129. The first-order chi connectivity index (χ1) is 18.0. The zero-order valence-corrected chi connectivity index (χ0v) is 21.2. The maximum atomic E-state index is 12.9. The van der Waals surface area contributed by atoms with Crippen molar-refractivity contribution in [2.75, 3.05) is 6.61 Å². The van der Waals surface area contributed by atoms with Crippen LogP contribution in [0, 0.1) is 0 Å². The van der Waals surface area contributed by atoms with Crippen LogP contribution in [0.15, 0.2) is 89.6 Å². The average Bonchev–Trinajstić information content (AvgIpc) is 3.44. The number of hydrogen-bond acceptors (Lipinski definition) is 7. The van der Waals surface area contributed by atoms with Gasteiger partial charge in [-0.25, -0.2) is 14.6 Å². The maximum Gasteiger partial charge on any atom is 0.363 e. The van der Waals surface area contributed by atoms with Crippen molar-refractivity contribution >= 4 is 63.0 Å². The number of aliphatic imine (C=N–C) groups is 1. The molecule has 1 aromatic heterocycles. The molecule has 0 N–H and O–H groups in total. The third kappa shape index (κ3) is 5.48. The van der Waals surface area contributed by atoms with E-state index < -0.39 is 11.9 Å². The number of benzene rings is 3. The van der Waals surface area contributed by atoms with Gasteiger partial charge in [-0.2, -0.15) is 0 Å². The molecule has 0 saturated heterocycles. The van der Waals surface area contributed by atoms with Gasteiger partial charge >= 0.3 is 11.9 Å². The van der Waals surface area contributed by atoms with E-state index in [4.69, 9.17) is 25.8 Å². The fraction of sp³-hybridized carbons (Fsp3) is 0.0690. The molecule has 6 nitrogen and oxygen atoms in total. The summed E-state index contributed by atoms with van der Waals surface area (Å²) in [7, 11) is 0. The van der Waals surface area contributed by atoms with Crippen LogP contribution in [-0.4, -0.2) is 24.4 Å². The first-order valence-electron chi connectivity index (χ1n) is 11.4. The molecule has 0 bridgehead atoms. The van der Waals surface area contributed by atoms with Gasteiger partial charge in [0.15, 0.2) is 17.2 Å². The van der Waals surface area contributed by atoms with Gasteiger partial charge in [-0.1, -0.05) is 66.2 Å². The van der Waals surface area contributed by atoms with Gasteiger partial charge in [0, 0.05) is 16.2 Å². The van der Waals surface area contributed by atoms with E-state index in [-0.39, 0.29) is 17.3 Å². The predicted octanol–water partition coefficient (Wildman–Crippen LogP) is 7.18. The molecule has 0 radical (unpaired) electrons. The molecule has 0 unspecified atom stereocenters. The number of esters is 2. The van der Waals surface area contributed by atoms with Gasteiger partial charge in [-0.3, -0.25) is 0 Å². The number of carbonyl (C=O) groups excluding carboxylic acids is 2. The number of fused-ring (bicyclic) bond motifs is 1. The fourth-order valence-electron chi connectivity index (χ4n) is 3.65. The zero-order chi connectivity index (χ0) is 25.8. The van der Waals surface area contributed by atoms with Crippen molar-refractivity contribution in [3.8, 4) is 11.5 Å². The lowest BCUT2D eigenvalue weighted by Gasteiger charge is -2.11. The highest BCUT2D eigenvalue weighted by Gasteiger charge is 2.23. The molecule has 2 heterocycles. The van der Waals surface area contributed by atoms with E-state index in [0.29, 0.717) is 27.8 Å². The van der Waals surface area contributed by atoms with Gasteiger partial charge in [-0.05, 0) is 48.4 Å². The Balaban J connectivity index is 1.37. The van der Waals surface area contributed by atoms with Crippen molar-refractivity contribution < 1.29 is 23.8 Å². The molecule has 3 aromatic carbocycles. The topological polar surface area (TPSA) is 74.2 Å². The first kappa shape index (κ1) is 24.5. The number of rotatable bonds is 7. The maximum absolute atomic E-state index is 12.9. The van der Waals surface area contributed by atoms with Crippen molar-refractivity contribution in [2.45, 2.75) is 6.92 Å². The zero-order valence-electron chi connectivity index (χ0n) is 19.6. The molecule has 0 fully saturated rings. The van der Waals surface area contributed by atoms with Crippen molar-refractivity contribution in [2.24, 2.45) is 4.99 Å². The van der Waals surface area contributed by atoms with Crippen LogP contribution in [0.4, 0.5) is 0 Å². The Kier molecular flexibility index (Phi) is 7.16. The number of carbonyl (C=O) groups is 2. The number of hydrogen-bond donors (Lipinski definition) is 0. The van der Waals surface area contributed by atoms with Gasteiger partial charge < -0.3 is 14.2 Å². The minimum Gasteiger partial charge on any atom is -0.490 e. The molecule has 0 atom stereocenters. The van der Waals surface area contributed by atoms with Crippen LogP contribution in [0.5, 0.6) is 11.5 Å². The standard InChI is InChI=1S/C29H20ClNO5S/c1-2-34-23-17-19(16-21-28(32)36-25(31-21)15-13-18-8-4-3-5-9-18)12-14-22(23)35-29(33)27-26(30)20-10-6-7-11-24(20)37-27/h3-17H,2H2,1H3/b15-13+,21-16+. The molecule has 0 spiro atoms. The number of ether oxygens (including phenoxy) is 3. The summed E-state index contributed by atoms with van der Waals surface area (Å²) in [6.45, 7) is 2.17. The summed E-state index contributed by atoms with van der Waals surface area (Å²) in [5.41, 5.74) is 1.74. The van der Waals surface area contributed by atoms with Crippen LogP contribution in [-0.2, 0) is 9.53 Å². The normalized spacial score (nSPS) is 14.3. The van der Waals surface area contributed by atoms with Crippen molar-refractivity contribution in [3.05, 3.63) is 106 Å². The highest BCUT2D eigenvalue weighted by Crippen LogP contribution is 2.37. The second kappa shape index (κ2) is 10.8.